The summed E-state index contributed by atoms with van der Waals surface area (Å²) in [4.78, 5) is 21.0. The summed E-state index contributed by atoms with van der Waals surface area (Å²) in [5.41, 5.74) is 3.28. The highest BCUT2D eigenvalue weighted by Gasteiger charge is 2.14. The quantitative estimate of drug-likeness (QED) is 0.225. The van der Waals surface area contributed by atoms with Crippen molar-refractivity contribution in [1.29, 1.82) is 0 Å². The average molecular weight is 437 g/mol. The fourth-order valence-electron chi connectivity index (χ4n) is 3.18. The Balaban J connectivity index is 1.40. The lowest BCUT2D eigenvalue weighted by Crippen LogP contribution is -2.11. The first kappa shape index (κ1) is 20.7. The van der Waals surface area contributed by atoms with Crippen LogP contribution in [0.3, 0.4) is 0 Å². The van der Waals surface area contributed by atoms with E-state index < -0.39 is 0 Å². The van der Waals surface area contributed by atoms with Gasteiger partial charge in [-0.1, -0.05) is 75.0 Å². The molecule has 0 saturated carbocycles. The fraction of sp³-hybridized carbons (Fsp3) is 0.250. The number of H-pyrrole nitrogens is 1. The molecule has 2 aromatic carbocycles. The van der Waals surface area contributed by atoms with Gasteiger partial charge in [0.1, 0.15) is 10.6 Å². The normalized spacial score (nSPS) is 11.7. The maximum Gasteiger partial charge on any atom is 0.260 e. The predicted molar refractivity (Wildman–Crippen MR) is 127 cm³/mol. The molecule has 0 spiro atoms. The van der Waals surface area contributed by atoms with Crippen LogP contribution >= 0.6 is 23.1 Å². The van der Waals surface area contributed by atoms with Gasteiger partial charge in [0.2, 0.25) is 0 Å². The van der Waals surface area contributed by atoms with Crippen molar-refractivity contribution in [1.82, 2.24) is 9.97 Å². The summed E-state index contributed by atoms with van der Waals surface area (Å²) in [6, 6.07) is 18.2. The molecule has 0 atom stereocenters. The third kappa shape index (κ3) is 4.60. The second-order valence-electron chi connectivity index (χ2n) is 8.04. The lowest BCUT2D eigenvalue weighted by Gasteiger charge is -2.19. The molecule has 154 valence electrons. The molecule has 6 heteroatoms. The zero-order chi connectivity index (χ0) is 21.1. The van der Waals surface area contributed by atoms with Gasteiger partial charge in [0.15, 0.2) is 5.16 Å². The standard InChI is InChI=1S/C24H24N2O2S2/c1-24(2,3)17-9-11-18(12-10-17)28-13-14-29-23-25-21(27)20-19(15-30-22(20)26-23)16-7-5-4-6-8-16/h4-12,15H,13-14H2,1-3H3,(H,25,26,27). The molecule has 4 rings (SSSR count). The molecular weight excluding hydrogens is 412 g/mol. The van der Waals surface area contributed by atoms with Gasteiger partial charge in [-0.05, 0) is 28.7 Å². The number of aromatic amines is 1. The summed E-state index contributed by atoms with van der Waals surface area (Å²) >= 11 is 3.00. The van der Waals surface area contributed by atoms with E-state index in [1.54, 1.807) is 0 Å². The number of benzene rings is 2. The van der Waals surface area contributed by atoms with Crippen LogP contribution in [0.15, 0.2) is 69.9 Å². The number of thioether (sulfide) groups is 1. The summed E-state index contributed by atoms with van der Waals surface area (Å²) < 4.78 is 5.84. The Morgan fingerprint density at radius 2 is 1.80 bits per heavy atom. The summed E-state index contributed by atoms with van der Waals surface area (Å²) in [7, 11) is 0. The van der Waals surface area contributed by atoms with Crippen LogP contribution in [0.25, 0.3) is 21.3 Å². The Kier molecular flexibility index (Phi) is 5.97. The van der Waals surface area contributed by atoms with Gasteiger partial charge in [0.05, 0.1) is 12.0 Å². The summed E-state index contributed by atoms with van der Waals surface area (Å²) in [6.45, 7) is 7.13. The smallest absolute Gasteiger partial charge is 0.260 e. The third-order valence-electron chi connectivity index (χ3n) is 4.82. The number of aromatic nitrogens is 2. The minimum atomic E-state index is -0.0960. The molecule has 0 fully saturated rings. The number of hydrogen-bond acceptors (Lipinski definition) is 5. The van der Waals surface area contributed by atoms with Crippen molar-refractivity contribution in [3.05, 3.63) is 75.9 Å². The molecule has 0 aliphatic heterocycles. The SMILES string of the molecule is CC(C)(C)c1ccc(OCCSc2nc3scc(-c4ccccc4)c3c(=O)[nH]2)cc1. The highest BCUT2D eigenvalue weighted by Crippen LogP contribution is 2.31. The van der Waals surface area contributed by atoms with E-state index in [2.05, 4.69) is 42.9 Å². The van der Waals surface area contributed by atoms with E-state index in [4.69, 9.17) is 4.74 Å². The topological polar surface area (TPSA) is 55.0 Å². The van der Waals surface area contributed by atoms with Gasteiger partial charge < -0.3 is 9.72 Å². The monoisotopic (exact) mass is 436 g/mol. The molecule has 0 saturated heterocycles. The number of ether oxygens (including phenoxy) is 1. The molecule has 0 bridgehead atoms. The van der Waals surface area contributed by atoms with Crippen LogP contribution in [0.1, 0.15) is 26.3 Å². The molecular formula is C24H24N2O2S2. The lowest BCUT2D eigenvalue weighted by atomic mass is 9.87. The van der Waals surface area contributed by atoms with Crippen LogP contribution < -0.4 is 10.3 Å². The molecule has 0 amide bonds. The van der Waals surface area contributed by atoms with Crippen LogP contribution in [-0.4, -0.2) is 22.3 Å². The van der Waals surface area contributed by atoms with Gasteiger partial charge >= 0.3 is 0 Å². The van der Waals surface area contributed by atoms with Crippen molar-refractivity contribution in [3.63, 3.8) is 0 Å². The number of thiophene rings is 1. The summed E-state index contributed by atoms with van der Waals surface area (Å²) in [5.74, 6) is 1.55. The first-order chi connectivity index (χ1) is 14.4. The van der Waals surface area contributed by atoms with E-state index >= 15 is 0 Å². The molecule has 4 aromatic rings. The maximum atomic E-state index is 12.7. The fourth-order valence-corrected chi connectivity index (χ4v) is 4.86. The van der Waals surface area contributed by atoms with Crippen molar-refractivity contribution in [2.45, 2.75) is 31.3 Å². The highest BCUT2D eigenvalue weighted by molar-refractivity contribution is 7.99. The van der Waals surface area contributed by atoms with Crippen LogP contribution in [0, 0.1) is 0 Å². The Morgan fingerprint density at radius 3 is 2.50 bits per heavy atom. The second kappa shape index (κ2) is 8.66. The zero-order valence-electron chi connectivity index (χ0n) is 17.3. The van der Waals surface area contributed by atoms with Crippen LogP contribution in [0.5, 0.6) is 5.75 Å². The average Bonchev–Trinajstić information content (AvgIpc) is 3.16. The van der Waals surface area contributed by atoms with Gasteiger partial charge in [-0.15, -0.1) is 11.3 Å². The Labute approximate surface area is 184 Å². The van der Waals surface area contributed by atoms with E-state index in [1.807, 2.05) is 47.8 Å². The molecule has 2 heterocycles. The number of fused-ring (bicyclic) bond motifs is 1. The van der Waals surface area contributed by atoms with Crippen LogP contribution in [0.2, 0.25) is 0 Å². The molecule has 0 unspecified atom stereocenters. The lowest BCUT2D eigenvalue weighted by molar-refractivity contribution is 0.343. The number of rotatable bonds is 6. The summed E-state index contributed by atoms with van der Waals surface area (Å²) in [6.07, 6.45) is 0. The highest BCUT2D eigenvalue weighted by atomic mass is 32.2. The Hall–Kier alpha value is -2.57. The Bertz CT molecular complexity index is 1190. The van der Waals surface area contributed by atoms with Crippen molar-refractivity contribution >= 4 is 33.3 Å². The molecule has 2 aromatic heterocycles. The van der Waals surface area contributed by atoms with Crippen molar-refractivity contribution in [3.8, 4) is 16.9 Å². The molecule has 0 aliphatic rings. The van der Waals surface area contributed by atoms with Gasteiger partial charge in [-0.25, -0.2) is 4.98 Å². The van der Waals surface area contributed by atoms with Gasteiger partial charge in [-0.3, -0.25) is 4.79 Å². The molecule has 30 heavy (non-hydrogen) atoms. The maximum absolute atomic E-state index is 12.7. The first-order valence-electron chi connectivity index (χ1n) is 9.85. The number of hydrogen-bond donors (Lipinski definition) is 1. The molecule has 0 radical (unpaired) electrons. The zero-order valence-corrected chi connectivity index (χ0v) is 18.9. The van der Waals surface area contributed by atoms with Crippen LogP contribution in [-0.2, 0) is 5.41 Å². The van der Waals surface area contributed by atoms with Crippen molar-refractivity contribution < 1.29 is 4.74 Å². The van der Waals surface area contributed by atoms with Crippen molar-refractivity contribution in [2.75, 3.05) is 12.4 Å². The molecule has 0 aliphatic carbocycles. The van der Waals surface area contributed by atoms with Gasteiger partial charge in [0.25, 0.3) is 5.56 Å². The van der Waals surface area contributed by atoms with Crippen LogP contribution in [0.4, 0.5) is 0 Å². The van der Waals surface area contributed by atoms with E-state index in [-0.39, 0.29) is 11.0 Å². The molecule has 1 N–H and O–H groups in total. The predicted octanol–water partition coefficient (Wildman–Crippen LogP) is 6.12. The first-order valence-corrected chi connectivity index (χ1v) is 11.7. The minimum absolute atomic E-state index is 0.0960. The van der Waals surface area contributed by atoms with E-state index in [0.29, 0.717) is 22.9 Å². The number of nitrogens with one attached hydrogen (secondary N) is 1. The largest absolute Gasteiger partial charge is 0.493 e. The number of nitrogens with zero attached hydrogens (tertiary/aromatic N) is 1. The van der Waals surface area contributed by atoms with Crippen molar-refractivity contribution in [2.24, 2.45) is 0 Å². The van der Waals surface area contributed by atoms with Gasteiger partial charge in [-0.2, -0.15) is 0 Å². The third-order valence-corrected chi connectivity index (χ3v) is 6.53. The Morgan fingerprint density at radius 1 is 1.07 bits per heavy atom. The summed E-state index contributed by atoms with van der Waals surface area (Å²) in [5, 5.41) is 3.28. The minimum Gasteiger partial charge on any atom is -0.493 e. The van der Waals surface area contributed by atoms with E-state index in [9.17, 15) is 4.79 Å². The van der Waals surface area contributed by atoms with Gasteiger partial charge in [0, 0.05) is 16.7 Å². The molecule has 4 nitrogen and oxygen atoms in total. The van der Waals surface area contributed by atoms with E-state index in [1.165, 1.54) is 28.7 Å². The second-order valence-corrected chi connectivity index (χ2v) is 9.98. The van der Waals surface area contributed by atoms with E-state index in [0.717, 1.165) is 21.7 Å².